The van der Waals surface area contributed by atoms with Gasteiger partial charge < -0.3 is 30.3 Å². The molecule has 2 aromatic heterocycles. The van der Waals surface area contributed by atoms with Crippen LogP contribution in [0.1, 0.15) is 5.76 Å². The molecule has 0 amide bonds. The smallest absolute Gasteiger partial charge is 0.231 e. The van der Waals surface area contributed by atoms with E-state index in [1.165, 1.54) is 6.33 Å². The molecule has 1 aliphatic heterocycles. The van der Waals surface area contributed by atoms with Gasteiger partial charge in [0.1, 0.15) is 17.8 Å². The molecule has 0 saturated carbocycles. The minimum absolute atomic E-state index is 0.231. The van der Waals surface area contributed by atoms with Gasteiger partial charge in [-0.05, 0) is 24.3 Å². The van der Waals surface area contributed by atoms with Crippen molar-refractivity contribution < 1.29 is 13.9 Å². The van der Waals surface area contributed by atoms with Gasteiger partial charge in [-0.3, -0.25) is 0 Å². The number of benzene rings is 1. The van der Waals surface area contributed by atoms with Gasteiger partial charge in [-0.2, -0.15) is 0 Å². The van der Waals surface area contributed by atoms with Crippen LogP contribution in [0.25, 0.3) is 0 Å². The molecule has 8 nitrogen and oxygen atoms in total. The molecule has 3 aromatic rings. The number of nitrogens with one attached hydrogen (secondary N) is 2. The summed E-state index contributed by atoms with van der Waals surface area (Å²) in [7, 11) is 0. The normalized spacial score (nSPS) is 12.2. The van der Waals surface area contributed by atoms with Crippen LogP contribution < -0.4 is 25.8 Å². The monoisotopic (exact) mass is 325 g/mol. The average molecular weight is 325 g/mol. The third kappa shape index (κ3) is 2.76. The zero-order chi connectivity index (χ0) is 16.4. The quantitative estimate of drug-likeness (QED) is 0.657. The van der Waals surface area contributed by atoms with E-state index in [1.807, 2.05) is 30.3 Å². The highest BCUT2D eigenvalue weighted by Crippen LogP contribution is 2.35. The molecule has 122 valence electrons. The molecule has 8 heteroatoms. The summed E-state index contributed by atoms with van der Waals surface area (Å²) in [6, 6.07) is 9.23. The van der Waals surface area contributed by atoms with Crippen molar-refractivity contribution in [2.75, 3.05) is 23.2 Å². The second kappa shape index (κ2) is 5.99. The molecule has 3 heterocycles. The molecule has 0 unspecified atom stereocenters. The largest absolute Gasteiger partial charge is 0.467 e. The molecule has 0 spiro atoms. The Hall–Kier alpha value is -3.42. The van der Waals surface area contributed by atoms with E-state index in [2.05, 4.69) is 20.6 Å². The first-order chi connectivity index (χ1) is 11.8. The Morgan fingerprint density at radius 1 is 1.08 bits per heavy atom. The van der Waals surface area contributed by atoms with E-state index in [1.54, 1.807) is 6.26 Å². The van der Waals surface area contributed by atoms with E-state index >= 15 is 0 Å². The van der Waals surface area contributed by atoms with Crippen LogP contribution >= 0.6 is 0 Å². The lowest BCUT2D eigenvalue weighted by molar-refractivity contribution is 0.174. The Balaban J connectivity index is 1.52. The number of nitrogen functional groups attached to an aromatic ring is 1. The molecule has 0 radical (unpaired) electrons. The van der Waals surface area contributed by atoms with E-state index in [-0.39, 0.29) is 6.79 Å². The third-order valence-corrected chi connectivity index (χ3v) is 3.53. The number of nitrogens with two attached hydrogens (primary N) is 1. The van der Waals surface area contributed by atoms with Crippen molar-refractivity contribution in [3.63, 3.8) is 0 Å². The molecule has 0 saturated heterocycles. The Morgan fingerprint density at radius 3 is 2.83 bits per heavy atom. The zero-order valence-corrected chi connectivity index (χ0v) is 12.7. The fourth-order valence-corrected chi connectivity index (χ4v) is 2.33. The van der Waals surface area contributed by atoms with Crippen LogP contribution in [0.5, 0.6) is 11.5 Å². The van der Waals surface area contributed by atoms with Crippen LogP contribution in [-0.4, -0.2) is 16.8 Å². The van der Waals surface area contributed by atoms with E-state index in [4.69, 9.17) is 19.6 Å². The Kier molecular flexibility index (Phi) is 3.54. The van der Waals surface area contributed by atoms with Gasteiger partial charge in [0.25, 0.3) is 0 Å². The first-order valence-corrected chi connectivity index (χ1v) is 7.33. The van der Waals surface area contributed by atoms with Gasteiger partial charge in [0.2, 0.25) is 6.79 Å². The second-order valence-corrected chi connectivity index (χ2v) is 5.11. The van der Waals surface area contributed by atoms with Gasteiger partial charge in [0, 0.05) is 11.8 Å². The summed E-state index contributed by atoms with van der Waals surface area (Å²) < 4.78 is 15.9. The van der Waals surface area contributed by atoms with Crippen molar-refractivity contribution in [1.82, 2.24) is 9.97 Å². The van der Waals surface area contributed by atoms with Gasteiger partial charge in [-0.25, -0.2) is 9.97 Å². The number of furan rings is 1. The van der Waals surface area contributed by atoms with Gasteiger partial charge >= 0.3 is 0 Å². The van der Waals surface area contributed by atoms with Crippen molar-refractivity contribution in [3.8, 4) is 11.5 Å². The summed E-state index contributed by atoms with van der Waals surface area (Å²) in [5.74, 6) is 3.23. The summed E-state index contributed by atoms with van der Waals surface area (Å²) >= 11 is 0. The molecule has 0 aliphatic carbocycles. The highest BCUT2D eigenvalue weighted by atomic mass is 16.7. The standard InChI is InChI=1S/C16H15N5O3/c17-14-15(18-7-11-2-1-5-22-11)19-8-20-16(14)21-10-3-4-12-13(6-10)24-9-23-12/h1-6,8H,7,9,17H2,(H2,18,19,20,21). The molecule has 0 bridgehead atoms. The first-order valence-electron chi connectivity index (χ1n) is 7.33. The molecular formula is C16H15N5O3. The number of nitrogens with zero attached hydrogens (tertiary/aromatic N) is 2. The lowest BCUT2D eigenvalue weighted by Gasteiger charge is -2.12. The Bertz CT molecular complexity index is 851. The topological polar surface area (TPSA) is 107 Å². The number of rotatable bonds is 5. The van der Waals surface area contributed by atoms with Crippen LogP contribution in [0.3, 0.4) is 0 Å². The maximum absolute atomic E-state index is 6.15. The number of fused-ring (bicyclic) bond motifs is 1. The molecule has 1 aliphatic rings. The van der Waals surface area contributed by atoms with Crippen molar-refractivity contribution in [1.29, 1.82) is 0 Å². The third-order valence-electron chi connectivity index (χ3n) is 3.53. The summed E-state index contributed by atoms with van der Waals surface area (Å²) in [4.78, 5) is 8.35. The van der Waals surface area contributed by atoms with Crippen molar-refractivity contribution in [3.05, 3.63) is 48.7 Å². The average Bonchev–Trinajstić information content (AvgIpc) is 3.26. The predicted octanol–water partition coefficient (Wildman–Crippen LogP) is 2.74. The van der Waals surface area contributed by atoms with Crippen molar-refractivity contribution in [2.45, 2.75) is 6.54 Å². The summed E-state index contributed by atoms with van der Waals surface area (Å²) in [6.07, 6.45) is 3.06. The highest BCUT2D eigenvalue weighted by Gasteiger charge is 2.14. The second-order valence-electron chi connectivity index (χ2n) is 5.11. The molecule has 1 aromatic carbocycles. The highest BCUT2D eigenvalue weighted by molar-refractivity contribution is 5.78. The summed E-state index contributed by atoms with van der Waals surface area (Å²) in [6.45, 7) is 0.715. The van der Waals surface area contributed by atoms with E-state index < -0.39 is 0 Å². The maximum atomic E-state index is 6.15. The fourth-order valence-electron chi connectivity index (χ4n) is 2.33. The van der Waals surface area contributed by atoms with Crippen LogP contribution in [0.15, 0.2) is 47.3 Å². The van der Waals surface area contributed by atoms with Gasteiger partial charge in [0.05, 0.1) is 12.8 Å². The number of hydrogen-bond donors (Lipinski definition) is 3. The van der Waals surface area contributed by atoms with Gasteiger partial charge in [0.15, 0.2) is 23.1 Å². The molecular weight excluding hydrogens is 310 g/mol. The molecule has 0 atom stereocenters. The van der Waals surface area contributed by atoms with Crippen LogP contribution in [0, 0.1) is 0 Å². The fraction of sp³-hybridized carbons (Fsp3) is 0.125. The summed E-state index contributed by atoms with van der Waals surface area (Å²) in [5, 5.41) is 6.29. The summed E-state index contributed by atoms with van der Waals surface area (Å²) in [5.41, 5.74) is 7.36. The van der Waals surface area contributed by atoms with Crippen molar-refractivity contribution in [2.24, 2.45) is 0 Å². The zero-order valence-electron chi connectivity index (χ0n) is 12.7. The maximum Gasteiger partial charge on any atom is 0.231 e. The van der Waals surface area contributed by atoms with E-state index in [0.717, 1.165) is 17.2 Å². The van der Waals surface area contributed by atoms with E-state index in [0.29, 0.717) is 29.6 Å². The number of aromatic nitrogens is 2. The van der Waals surface area contributed by atoms with Crippen molar-refractivity contribution >= 4 is 23.0 Å². The lowest BCUT2D eigenvalue weighted by atomic mass is 10.2. The Morgan fingerprint density at radius 2 is 1.96 bits per heavy atom. The first kappa shape index (κ1) is 14.2. The van der Waals surface area contributed by atoms with Crippen LogP contribution in [0.2, 0.25) is 0 Å². The predicted molar refractivity (Wildman–Crippen MR) is 88.3 cm³/mol. The lowest BCUT2D eigenvalue weighted by Crippen LogP contribution is -2.07. The number of hydrogen-bond acceptors (Lipinski definition) is 8. The van der Waals surface area contributed by atoms with Gasteiger partial charge in [-0.1, -0.05) is 0 Å². The minimum atomic E-state index is 0.231. The molecule has 4 N–H and O–H groups in total. The number of anilines is 4. The van der Waals surface area contributed by atoms with Gasteiger partial charge in [-0.15, -0.1) is 0 Å². The van der Waals surface area contributed by atoms with Crippen LogP contribution in [-0.2, 0) is 6.54 Å². The van der Waals surface area contributed by atoms with E-state index in [9.17, 15) is 0 Å². The molecule has 24 heavy (non-hydrogen) atoms. The minimum Gasteiger partial charge on any atom is -0.467 e. The SMILES string of the molecule is Nc1c(NCc2ccco2)ncnc1Nc1ccc2c(c1)OCO2. The molecule has 4 rings (SSSR count). The van der Waals surface area contributed by atoms with Crippen LogP contribution in [0.4, 0.5) is 23.0 Å². The number of ether oxygens (including phenoxy) is 2. The molecule has 0 fully saturated rings. The Labute approximate surface area is 137 Å².